The van der Waals surface area contributed by atoms with Gasteiger partial charge in [-0.15, -0.1) is 5.10 Å². The minimum Gasteiger partial charge on any atom is -0.469 e. The van der Waals surface area contributed by atoms with Crippen molar-refractivity contribution in [2.75, 3.05) is 6.54 Å². The summed E-state index contributed by atoms with van der Waals surface area (Å²) in [7, 11) is 0. The molecule has 0 saturated carbocycles. The Morgan fingerprint density at radius 3 is 3.14 bits per heavy atom. The van der Waals surface area contributed by atoms with Crippen LogP contribution >= 0.6 is 0 Å². The smallest absolute Gasteiger partial charge is 0.230 e. The molecule has 3 heterocycles. The molecule has 1 aliphatic rings. The van der Waals surface area contributed by atoms with E-state index in [4.69, 9.17) is 4.42 Å². The first kappa shape index (κ1) is 13.9. The minimum atomic E-state index is 0.160. The van der Waals surface area contributed by atoms with E-state index >= 15 is 0 Å². The second kappa shape index (κ2) is 6.56. The number of hydrogen-bond donors (Lipinski definition) is 0. The number of aryl methyl sites for hydroxylation is 1. The summed E-state index contributed by atoms with van der Waals surface area (Å²) < 4.78 is 7.10. The van der Waals surface area contributed by atoms with Gasteiger partial charge in [-0.25, -0.2) is 0 Å². The van der Waals surface area contributed by atoms with Crippen LogP contribution in [-0.4, -0.2) is 38.4 Å². The van der Waals surface area contributed by atoms with Crippen LogP contribution in [0.4, 0.5) is 0 Å². The molecule has 112 valence electrons. The van der Waals surface area contributed by atoms with Crippen molar-refractivity contribution >= 4 is 5.91 Å². The molecule has 0 radical (unpaired) electrons. The van der Waals surface area contributed by atoms with Gasteiger partial charge >= 0.3 is 0 Å². The van der Waals surface area contributed by atoms with E-state index in [1.165, 1.54) is 6.42 Å². The van der Waals surface area contributed by atoms with Crippen molar-refractivity contribution in [2.24, 2.45) is 0 Å². The summed E-state index contributed by atoms with van der Waals surface area (Å²) in [5.74, 6) is 0.897. The lowest BCUT2D eigenvalue weighted by atomic mass is 9.98. The third-order valence-electron chi connectivity index (χ3n) is 4.02. The van der Waals surface area contributed by atoms with E-state index in [0.29, 0.717) is 12.5 Å². The maximum absolute atomic E-state index is 12.5. The molecule has 1 unspecified atom stereocenters. The number of nitrogens with zero attached hydrogens (tertiary/aromatic N) is 4. The lowest BCUT2D eigenvalue weighted by molar-refractivity contribution is -0.134. The molecule has 0 N–H and O–H groups in total. The second-order valence-electron chi connectivity index (χ2n) is 5.45. The second-order valence-corrected chi connectivity index (χ2v) is 5.45. The van der Waals surface area contributed by atoms with Crippen molar-refractivity contribution in [1.82, 2.24) is 19.9 Å². The Hall–Kier alpha value is -2.11. The van der Waals surface area contributed by atoms with Crippen LogP contribution in [0.25, 0.3) is 0 Å². The fraction of sp³-hybridized carbons (Fsp3) is 0.533. The summed E-state index contributed by atoms with van der Waals surface area (Å²) >= 11 is 0. The van der Waals surface area contributed by atoms with Crippen LogP contribution in [0, 0.1) is 0 Å². The molecular formula is C15H20N4O2. The van der Waals surface area contributed by atoms with E-state index in [2.05, 4.69) is 10.3 Å². The number of hydrogen-bond acceptors (Lipinski definition) is 4. The molecule has 3 rings (SSSR count). The van der Waals surface area contributed by atoms with E-state index in [1.54, 1.807) is 12.5 Å². The van der Waals surface area contributed by atoms with Gasteiger partial charge in [-0.05, 0) is 37.8 Å². The van der Waals surface area contributed by atoms with Gasteiger partial charge < -0.3 is 9.32 Å². The Balaban J connectivity index is 1.59. The summed E-state index contributed by atoms with van der Waals surface area (Å²) in [6.45, 7) is 1.65. The Kier molecular flexibility index (Phi) is 4.33. The van der Waals surface area contributed by atoms with Gasteiger partial charge in [0.1, 0.15) is 5.76 Å². The molecule has 1 aliphatic heterocycles. The first-order valence-corrected chi connectivity index (χ1v) is 7.49. The number of likely N-dealkylation sites (tertiary alicyclic amines) is 1. The number of aromatic nitrogens is 3. The number of rotatable bonds is 5. The molecule has 6 heteroatoms. The molecule has 0 aromatic carbocycles. The molecule has 1 atom stereocenters. The lowest BCUT2D eigenvalue weighted by Crippen LogP contribution is -2.44. The van der Waals surface area contributed by atoms with Gasteiger partial charge in [-0.3, -0.25) is 9.48 Å². The topological polar surface area (TPSA) is 64.2 Å². The largest absolute Gasteiger partial charge is 0.469 e. The van der Waals surface area contributed by atoms with Gasteiger partial charge in [0.2, 0.25) is 5.91 Å². The molecule has 21 heavy (non-hydrogen) atoms. The molecule has 1 saturated heterocycles. The first-order valence-electron chi connectivity index (χ1n) is 7.49. The standard InChI is InChI=1S/C15H20N4O2/c20-15(12-14-5-3-11-21-14)19-8-2-1-4-13(19)6-9-18-10-7-16-17-18/h3,5,7,10-11,13H,1-2,4,6,8-9,12H2. The number of furan rings is 1. The summed E-state index contributed by atoms with van der Waals surface area (Å²) in [6, 6.07) is 3.97. The summed E-state index contributed by atoms with van der Waals surface area (Å²) in [5.41, 5.74) is 0. The fourth-order valence-electron chi connectivity index (χ4n) is 2.93. The van der Waals surface area contributed by atoms with Crippen LogP contribution in [0.2, 0.25) is 0 Å². The highest BCUT2D eigenvalue weighted by atomic mass is 16.3. The number of carbonyl (C=O) groups excluding carboxylic acids is 1. The van der Waals surface area contributed by atoms with E-state index < -0.39 is 0 Å². The molecule has 6 nitrogen and oxygen atoms in total. The zero-order valence-corrected chi connectivity index (χ0v) is 12.0. The van der Waals surface area contributed by atoms with E-state index in [9.17, 15) is 4.79 Å². The van der Waals surface area contributed by atoms with Crippen LogP contribution in [0.1, 0.15) is 31.4 Å². The third-order valence-corrected chi connectivity index (χ3v) is 4.02. The Morgan fingerprint density at radius 1 is 1.43 bits per heavy atom. The normalized spacial score (nSPS) is 18.9. The maximum atomic E-state index is 12.5. The SMILES string of the molecule is O=C(Cc1ccco1)N1CCCCC1CCn1ccnn1. The highest BCUT2D eigenvalue weighted by molar-refractivity contribution is 5.78. The van der Waals surface area contributed by atoms with Crippen LogP contribution < -0.4 is 0 Å². The monoisotopic (exact) mass is 288 g/mol. The predicted molar refractivity (Wildman–Crippen MR) is 76.4 cm³/mol. The zero-order chi connectivity index (χ0) is 14.5. The Morgan fingerprint density at radius 2 is 2.38 bits per heavy atom. The van der Waals surface area contributed by atoms with Crippen molar-refractivity contribution in [3.05, 3.63) is 36.5 Å². The van der Waals surface area contributed by atoms with Crippen LogP contribution in [0.3, 0.4) is 0 Å². The molecule has 2 aromatic rings. The average molecular weight is 288 g/mol. The van der Waals surface area contributed by atoms with Gasteiger partial charge in [-0.1, -0.05) is 5.21 Å². The van der Waals surface area contributed by atoms with Crippen molar-refractivity contribution in [3.8, 4) is 0 Å². The molecule has 0 aliphatic carbocycles. The van der Waals surface area contributed by atoms with Crippen LogP contribution in [0.5, 0.6) is 0 Å². The van der Waals surface area contributed by atoms with Crippen LogP contribution in [0.15, 0.2) is 35.2 Å². The molecule has 0 bridgehead atoms. The van der Waals surface area contributed by atoms with Gasteiger partial charge in [-0.2, -0.15) is 0 Å². The highest BCUT2D eigenvalue weighted by Gasteiger charge is 2.26. The predicted octanol–water partition coefficient (Wildman–Crippen LogP) is 1.89. The Labute approximate surface area is 123 Å². The van der Waals surface area contributed by atoms with Crippen LogP contribution in [-0.2, 0) is 17.8 Å². The van der Waals surface area contributed by atoms with E-state index in [0.717, 1.165) is 38.1 Å². The number of carbonyl (C=O) groups is 1. The van der Waals surface area contributed by atoms with Gasteiger partial charge in [0.15, 0.2) is 0 Å². The maximum Gasteiger partial charge on any atom is 0.230 e. The van der Waals surface area contributed by atoms with Crippen molar-refractivity contribution in [1.29, 1.82) is 0 Å². The van der Waals surface area contributed by atoms with Gasteiger partial charge in [0.05, 0.1) is 18.9 Å². The summed E-state index contributed by atoms with van der Waals surface area (Å²) in [5, 5.41) is 7.79. The molecule has 1 fully saturated rings. The van der Waals surface area contributed by atoms with Crippen molar-refractivity contribution in [2.45, 2.75) is 44.7 Å². The van der Waals surface area contributed by atoms with E-state index in [-0.39, 0.29) is 5.91 Å². The summed E-state index contributed by atoms with van der Waals surface area (Å²) in [6.07, 6.45) is 9.77. The quantitative estimate of drug-likeness (QED) is 0.842. The molecule has 1 amide bonds. The average Bonchev–Trinajstić information content (AvgIpc) is 3.18. The number of amides is 1. The molecule has 0 spiro atoms. The highest BCUT2D eigenvalue weighted by Crippen LogP contribution is 2.21. The third kappa shape index (κ3) is 3.51. The minimum absolute atomic E-state index is 0.160. The van der Waals surface area contributed by atoms with Gasteiger partial charge in [0.25, 0.3) is 0 Å². The number of piperidine rings is 1. The summed E-state index contributed by atoms with van der Waals surface area (Å²) in [4.78, 5) is 14.5. The van der Waals surface area contributed by atoms with Gasteiger partial charge in [0, 0.05) is 25.3 Å². The van der Waals surface area contributed by atoms with E-state index in [1.807, 2.05) is 27.9 Å². The molecule has 2 aromatic heterocycles. The zero-order valence-electron chi connectivity index (χ0n) is 12.0. The lowest BCUT2D eigenvalue weighted by Gasteiger charge is -2.35. The Bertz CT molecular complexity index is 550. The van der Waals surface area contributed by atoms with Crippen molar-refractivity contribution in [3.63, 3.8) is 0 Å². The fourth-order valence-corrected chi connectivity index (χ4v) is 2.93. The first-order chi connectivity index (χ1) is 10.3. The van der Waals surface area contributed by atoms with Crippen molar-refractivity contribution < 1.29 is 9.21 Å². The molecular weight excluding hydrogens is 268 g/mol.